The van der Waals surface area contributed by atoms with Crippen molar-refractivity contribution in [2.45, 2.75) is 61.9 Å². The summed E-state index contributed by atoms with van der Waals surface area (Å²) >= 11 is 12.8. The highest BCUT2D eigenvalue weighted by Gasteiger charge is 2.39. The van der Waals surface area contributed by atoms with E-state index in [0.29, 0.717) is 16.8 Å². The zero-order chi connectivity index (χ0) is 40.3. The first kappa shape index (κ1) is 40.6. The minimum atomic E-state index is -4.46. The Bertz CT molecular complexity index is 2180. The number of hydrogen-bond donors (Lipinski definition) is 1. The van der Waals surface area contributed by atoms with Crippen molar-refractivity contribution in [1.82, 2.24) is 9.62 Å². The summed E-state index contributed by atoms with van der Waals surface area (Å²) in [4.78, 5) is 29.5. The predicted octanol–water partition coefficient (Wildman–Crippen LogP) is 6.81. The minimum Gasteiger partial charge on any atom is -0.619 e. The molecule has 17 heteroatoms. The van der Waals surface area contributed by atoms with Gasteiger partial charge in [0.25, 0.3) is 0 Å². The van der Waals surface area contributed by atoms with Crippen LogP contribution in [0.25, 0.3) is 0 Å². The number of hydrogen-bond acceptors (Lipinski definition) is 10. The number of ether oxygens (including phenoxy) is 4. The number of sulfonamides is 1. The number of benzene rings is 3. The Labute approximate surface area is 338 Å². The Morgan fingerprint density at radius 1 is 0.912 bits per heavy atom. The molecular weight excluding hydrogens is 807 g/mol. The highest BCUT2D eigenvalue weighted by atomic mass is 35.5. The molecule has 3 saturated heterocycles. The van der Waals surface area contributed by atoms with Crippen molar-refractivity contribution in [3.05, 3.63) is 123 Å². The molecule has 2 bridgehead atoms. The quantitative estimate of drug-likeness (QED) is 0.0725. The molecule has 1 saturated carbocycles. The molecular formula is C40H39Cl2F2N3O9S. The second-order valence-electron chi connectivity index (χ2n) is 14.3. The van der Waals surface area contributed by atoms with Gasteiger partial charge in [0.05, 0.1) is 17.1 Å². The number of carbonyl (C=O) groups is 2. The number of nitrogens with one attached hydrogen (secondary N) is 1. The molecule has 0 radical (unpaired) electrons. The zero-order valence-electron chi connectivity index (χ0n) is 30.4. The third kappa shape index (κ3) is 10.1. The van der Waals surface area contributed by atoms with Crippen LogP contribution in [0.5, 0.6) is 11.5 Å². The Hall–Kier alpha value is -4.54. The fraction of sp³-hybridized carbons (Fsp3) is 0.375. The number of carbonyl (C=O) groups excluding carboxylic acids is 2. The third-order valence-electron chi connectivity index (χ3n) is 10.3. The maximum absolute atomic E-state index is 13.9. The highest BCUT2D eigenvalue weighted by Crippen LogP contribution is 2.38. The molecule has 1 aromatic heterocycles. The summed E-state index contributed by atoms with van der Waals surface area (Å²) in [6.07, 6.45) is 4.03. The largest absolute Gasteiger partial charge is 0.619 e. The summed E-state index contributed by atoms with van der Waals surface area (Å²) in [5.41, 5.74) is 0.727. The Morgan fingerprint density at radius 2 is 1.63 bits per heavy atom. The summed E-state index contributed by atoms with van der Waals surface area (Å²) in [6.45, 7) is -0.434. The molecule has 4 fully saturated rings. The lowest BCUT2D eigenvalue weighted by Crippen LogP contribution is -2.52. The monoisotopic (exact) mass is 845 g/mol. The van der Waals surface area contributed by atoms with Gasteiger partial charge in [0.1, 0.15) is 28.3 Å². The average molecular weight is 847 g/mol. The second kappa shape index (κ2) is 17.5. The molecule has 57 heavy (non-hydrogen) atoms. The number of aromatic nitrogens is 1. The van der Waals surface area contributed by atoms with Gasteiger partial charge < -0.3 is 24.2 Å². The van der Waals surface area contributed by atoms with Crippen LogP contribution in [-0.4, -0.2) is 64.2 Å². The van der Waals surface area contributed by atoms with Crippen LogP contribution >= 0.6 is 23.2 Å². The van der Waals surface area contributed by atoms with Crippen molar-refractivity contribution in [2.24, 2.45) is 11.8 Å². The van der Waals surface area contributed by atoms with Crippen molar-refractivity contribution in [3.8, 4) is 11.5 Å². The SMILES string of the molecule is O=C(O[C@@H](Cc1c(Cl)c[n+]([O-])cc1Cl)c1ccc(OC(F)F)c(OCC2CC2)c1)c1cccc(S(=O)(=O)NC(C(=O)O[C@@H]2CN3CCC2CC3)c2ccccc2)c1. The predicted molar refractivity (Wildman–Crippen MR) is 204 cm³/mol. The van der Waals surface area contributed by atoms with Crippen LogP contribution in [-0.2, 0) is 30.7 Å². The number of halogens is 4. The summed E-state index contributed by atoms with van der Waals surface area (Å²) in [5, 5.41) is 11.9. The molecule has 1 N–H and O–H groups in total. The van der Waals surface area contributed by atoms with E-state index in [2.05, 4.69) is 14.4 Å². The van der Waals surface area contributed by atoms with Crippen LogP contribution in [0.1, 0.15) is 64.9 Å². The minimum absolute atomic E-state index is 0.0115. The Morgan fingerprint density at radius 3 is 2.28 bits per heavy atom. The van der Waals surface area contributed by atoms with Gasteiger partial charge in [-0.25, -0.2) is 18.0 Å². The molecule has 3 atom stereocenters. The number of nitrogens with zero attached hydrogens (tertiary/aromatic N) is 2. The first-order chi connectivity index (χ1) is 27.3. The topological polar surface area (TPSA) is 147 Å². The van der Waals surface area contributed by atoms with Crippen LogP contribution < -0.4 is 18.9 Å². The Balaban J connectivity index is 1.15. The van der Waals surface area contributed by atoms with E-state index in [4.69, 9.17) is 37.4 Å². The number of alkyl halides is 2. The molecule has 1 unspecified atom stereocenters. The van der Waals surface area contributed by atoms with Crippen molar-refractivity contribution in [2.75, 3.05) is 26.2 Å². The number of esters is 2. The summed E-state index contributed by atoms with van der Waals surface area (Å²) in [7, 11) is -4.46. The molecule has 1 aliphatic carbocycles. The molecule has 3 aromatic carbocycles. The number of rotatable bonds is 16. The first-order valence-electron chi connectivity index (χ1n) is 18.4. The van der Waals surface area contributed by atoms with E-state index in [1.165, 1.54) is 36.4 Å². The van der Waals surface area contributed by atoms with Crippen LogP contribution in [0.4, 0.5) is 8.78 Å². The van der Waals surface area contributed by atoms with E-state index in [0.717, 1.165) is 57.2 Å². The normalized spacial score (nSPS) is 20.1. The highest BCUT2D eigenvalue weighted by molar-refractivity contribution is 7.89. The van der Waals surface area contributed by atoms with E-state index >= 15 is 0 Å². The van der Waals surface area contributed by atoms with Gasteiger partial charge in [0, 0.05) is 18.5 Å². The smallest absolute Gasteiger partial charge is 0.387 e. The summed E-state index contributed by atoms with van der Waals surface area (Å²) in [5.74, 6) is -1.49. The third-order valence-corrected chi connectivity index (χ3v) is 12.4. The molecule has 4 aromatic rings. The van der Waals surface area contributed by atoms with Gasteiger partial charge in [0.2, 0.25) is 10.0 Å². The van der Waals surface area contributed by atoms with Gasteiger partial charge in [-0.2, -0.15) is 18.2 Å². The zero-order valence-corrected chi connectivity index (χ0v) is 32.7. The van der Waals surface area contributed by atoms with Crippen LogP contribution in [0.2, 0.25) is 10.0 Å². The molecule has 8 rings (SSSR count). The van der Waals surface area contributed by atoms with Gasteiger partial charge in [-0.15, -0.1) is 0 Å². The van der Waals surface area contributed by atoms with Crippen molar-refractivity contribution < 1.29 is 50.5 Å². The van der Waals surface area contributed by atoms with E-state index in [9.17, 15) is 32.0 Å². The lowest BCUT2D eigenvalue weighted by molar-refractivity contribution is -0.605. The van der Waals surface area contributed by atoms with E-state index in [1.54, 1.807) is 30.3 Å². The standard InChI is InChI=1S/C40H39Cl2F2N3O9S/c41-31-20-47(50)21-32(42)30(31)19-34(27-11-12-33(56-40(43)44)35(18-27)53-23-24-9-10-24)54-38(48)28-7-4-8-29(17-28)57(51,52)45-37(26-5-2-1-3-6-26)39(49)55-36-22-46-15-13-25(36)14-16-46/h1-8,11-12,17-18,20-21,24-25,34,36-37,40,45H,9-10,13-16,19,22-23H2/t34-,36+,37?/m0/s1. The lowest BCUT2D eigenvalue weighted by Gasteiger charge is -2.44. The van der Waals surface area contributed by atoms with Gasteiger partial charge in [-0.1, -0.05) is 65.7 Å². The molecule has 3 aliphatic heterocycles. The molecule has 12 nitrogen and oxygen atoms in total. The van der Waals surface area contributed by atoms with Gasteiger partial charge in [-0.05, 0) is 92.1 Å². The average Bonchev–Trinajstić information content (AvgIpc) is 4.03. The molecule has 4 heterocycles. The van der Waals surface area contributed by atoms with Crippen LogP contribution in [0.3, 0.4) is 0 Å². The fourth-order valence-electron chi connectivity index (χ4n) is 7.03. The molecule has 4 aliphatic rings. The summed E-state index contributed by atoms with van der Waals surface area (Å²) in [6, 6.07) is 16.1. The number of fused-ring (bicyclic) bond motifs is 3. The van der Waals surface area contributed by atoms with Crippen LogP contribution in [0, 0.1) is 17.0 Å². The second-order valence-corrected chi connectivity index (χ2v) is 16.9. The summed E-state index contributed by atoms with van der Waals surface area (Å²) < 4.78 is 79.8. The van der Waals surface area contributed by atoms with Gasteiger partial charge in [0.15, 0.2) is 23.9 Å². The molecule has 0 amide bonds. The van der Waals surface area contributed by atoms with Crippen molar-refractivity contribution in [1.29, 1.82) is 0 Å². The number of piperidine rings is 3. The van der Waals surface area contributed by atoms with Crippen molar-refractivity contribution in [3.63, 3.8) is 0 Å². The Kier molecular flexibility index (Phi) is 12.5. The van der Waals surface area contributed by atoms with Gasteiger partial charge >= 0.3 is 18.6 Å². The number of pyridine rings is 1. The van der Waals surface area contributed by atoms with E-state index in [1.807, 2.05) is 0 Å². The first-order valence-corrected chi connectivity index (χ1v) is 20.7. The van der Waals surface area contributed by atoms with Crippen LogP contribution in [0.15, 0.2) is 90.1 Å². The van der Waals surface area contributed by atoms with Crippen molar-refractivity contribution >= 4 is 45.2 Å². The molecule has 0 spiro atoms. The lowest BCUT2D eigenvalue weighted by atomic mass is 9.86. The van der Waals surface area contributed by atoms with E-state index < -0.39 is 40.7 Å². The molecule has 302 valence electrons. The fourth-order valence-corrected chi connectivity index (χ4v) is 8.85. The van der Waals surface area contributed by atoms with E-state index in [-0.39, 0.29) is 74.1 Å². The maximum Gasteiger partial charge on any atom is 0.387 e. The maximum atomic E-state index is 13.9. The van der Waals surface area contributed by atoms with Gasteiger partial charge in [-0.3, -0.25) is 4.90 Å².